The first-order valence-corrected chi connectivity index (χ1v) is 5.93. The van der Waals surface area contributed by atoms with E-state index >= 15 is 0 Å². The van der Waals surface area contributed by atoms with E-state index in [9.17, 15) is 0 Å². The van der Waals surface area contributed by atoms with E-state index < -0.39 is 0 Å². The molecule has 1 unspecified atom stereocenters. The maximum absolute atomic E-state index is 5.81. The van der Waals surface area contributed by atoms with Crippen LogP contribution in [0, 0.1) is 5.41 Å². The van der Waals surface area contributed by atoms with Gasteiger partial charge < -0.3 is 11.1 Å². The van der Waals surface area contributed by atoms with Crippen molar-refractivity contribution in [3.8, 4) is 0 Å². The van der Waals surface area contributed by atoms with E-state index in [1.165, 1.54) is 5.56 Å². The molecule has 1 rings (SSSR count). The lowest BCUT2D eigenvalue weighted by atomic mass is 9.80. The van der Waals surface area contributed by atoms with Crippen LogP contribution >= 0.6 is 15.9 Å². The molecule has 0 heterocycles. The monoisotopic (exact) mass is 270 g/mol. The molecule has 0 spiro atoms. The Morgan fingerprint density at radius 2 is 2.13 bits per heavy atom. The molecule has 0 aliphatic carbocycles. The van der Waals surface area contributed by atoms with Crippen molar-refractivity contribution in [2.45, 2.75) is 19.9 Å². The van der Waals surface area contributed by atoms with Crippen LogP contribution in [0.1, 0.15) is 25.5 Å². The minimum Gasteiger partial charge on any atom is -0.330 e. The minimum atomic E-state index is 0.0511. The average molecular weight is 271 g/mol. The van der Waals surface area contributed by atoms with Crippen molar-refractivity contribution in [1.29, 1.82) is 0 Å². The Bertz CT molecular complexity index is 323. The molecular formula is C12H19BrN2. The van der Waals surface area contributed by atoms with Gasteiger partial charge in [0.1, 0.15) is 0 Å². The molecule has 0 aliphatic rings. The molecule has 15 heavy (non-hydrogen) atoms. The topological polar surface area (TPSA) is 38.0 Å². The van der Waals surface area contributed by atoms with Crippen LogP contribution in [0.15, 0.2) is 28.7 Å². The average Bonchev–Trinajstić information content (AvgIpc) is 2.18. The molecular weight excluding hydrogens is 252 g/mol. The number of hydrogen-bond acceptors (Lipinski definition) is 2. The molecule has 0 fully saturated rings. The SMILES string of the molecule is CNC(c1cccc(Br)c1)C(C)(C)CN. The van der Waals surface area contributed by atoms with Crippen LogP contribution in [0.25, 0.3) is 0 Å². The van der Waals surface area contributed by atoms with E-state index in [-0.39, 0.29) is 11.5 Å². The van der Waals surface area contributed by atoms with Crippen LogP contribution in [0.2, 0.25) is 0 Å². The van der Waals surface area contributed by atoms with Crippen molar-refractivity contribution >= 4 is 15.9 Å². The Balaban J connectivity index is 3.02. The van der Waals surface area contributed by atoms with E-state index in [4.69, 9.17) is 5.73 Å². The standard InChI is InChI=1S/C12H19BrN2/c1-12(2,8-14)11(15-3)9-5-4-6-10(13)7-9/h4-7,11,15H,8,14H2,1-3H3. The number of hydrogen-bond donors (Lipinski definition) is 2. The maximum Gasteiger partial charge on any atom is 0.0381 e. The lowest BCUT2D eigenvalue weighted by Gasteiger charge is -2.33. The Kier molecular flexibility index (Phi) is 4.32. The Morgan fingerprint density at radius 1 is 1.47 bits per heavy atom. The summed E-state index contributed by atoms with van der Waals surface area (Å²) in [6.45, 7) is 5.01. The van der Waals surface area contributed by atoms with Gasteiger partial charge in [-0.1, -0.05) is 41.9 Å². The summed E-state index contributed by atoms with van der Waals surface area (Å²) >= 11 is 3.49. The second-order valence-electron chi connectivity index (χ2n) is 4.47. The second-order valence-corrected chi connectivity index (χ2v) is 5.39. The zero-order valence-electron chi connectivity index (χ0n) is 9.55. The summed E-state index contributed by atoms with van der Waals surface area (Å²) in [5, 5.41) is 3.34. The third-order valence-electron chi connectivity index (χ3n) is 2.78. The van der Waals surface area contributed by atoms with Crippen LogP contribution in [-0.4, -0.2) is 13.6 Å². The normalized spacial score (nSPS) is 13.9. The van der Waals surface area contributed by atoms with Gasteiger partial charge in [-0.3, -0.25) is 0 Å². The molecule has 84 valence electrons. The first-order valence-electron chi connectivity index (χ1n) is 5.14. The molecule has 0 bridgehead atoms. The molecule has 1 atom stereocenters. The molecule has 0 saturated carbocycles. The molecule has 3 heteroatoms. The number of benzene rings is 1. The maximum atomic E-state index is 5.81. The molecule has 3 N–H and O–H groups in total. The lowest BCUT2D eigenvalue weighted by molar-refractivity contribution is 0.265. The van der Waals surface area contributed by atoms with Crippen LogP contribution in [0.5, 0.6) is 0 Å². The van der Waals surface area contributed by atoms with Crippen LogP contribution < -0.4 is 11.1 Å². The van der Waals surface area contributed by atoms with Crippen molar-refractivity contribution in [3.63, 3.8) is 0 Å². The molecule has 0 aliphatic heterocycles. The van der Waals surface area contributed by atoms with Crippen LogP contribution in [0.4, 0.5) is 0 Å². The van der Waals surface area contributed by atoms with E-state index in [1.54, 1.807) is 0 Å². The van der Waals surface area contributed by atoms with Gasteiger partial charge in [-0.25, -0.2) is 0 Å². The Hall–Kier alpha value is -0.380. The highest BCUT2D eigenvalue weighted by molar-refractivity contribution is 9.10. The van der Waals surface area contributed by atoms with E-state index in [1.807, 2.05) is 13.1 Å². The van der Waals surface area contributed by atoms with Gasteiger partial charge in [0.15, 0.2) is 0 Å². The molecule has 0 radical (unpaired) electrons. The van der Waals surface area contributed by atoms with Gasteiger partial charge in [-0.05, 0) is 36.7 Å². The number of rotatable bonds is 4. The third-order valence-corrected chi connectivity index (χ3v) is 3.27. The van der Waals surface area contributed by atoms with Crippen molar-refractivity contribution < 1.29 is 0 Å². The fourth-order valence-corrected chi connectivity index (χ4v) is 2.23. The highest BCUT2D eigenvalue weighted by Gasteiger charge is 2.28. The summed E-state index contributed by atoms with van der Waals surface area (Å²) in [6, 6.07) is 8.63. The first-order chi connectivity index (χ1) is 7.01. The largest absolute Gasteiger partial charge is 0.330 e. The fraction of sp³-hybridized carbons (Fsp3) is 0.500. The number of halogens is 1. The van der Waals surface area contributed by atoms with Gasteiger partial charge in [0.05, 0.1) is 0 Å². The Labute approximate surface area is 100 Å². The zero-order valence-corrected chi connectivity index (χ0v) is 11.1. The van der Waals surface area contributed by atoms with Crippen molar-refractivity contribution in [1.82, 2.24) is 5.32 Å². The summed E-state index contributed by atoms with van der Waals surface area (Å²) in [4.78, 5) is 0. The van der Waals surface area contributed by atoms with Gasteiger partial charge in [0, 0.05) is 10.5 Å². The number of nitrogens with two attached hydrogens (primary N) is 1. The predicted molar refractivity (Wildman–Crippen MR) is 68.8 cm³/mol. The molecule has 2 nitrogen and oxygen atoms in total. The summed E-state index contributed by atoms with van der Waals surface area (Å²) in [7, 11) is 1.98. The minimum absolute atomic E-state index is 0.0511. The molecule has 1 aromatic carbocycles. The van der Waals surface area contributed by atoms with Crippen LogP contribution in [0.3, 0.4) is 0 Å². The highest BCUT2D eigenvalue weighted by Crippen LogP contribution is 2.32. The smallest absolute Gasteiger partial charge is 0.0381 e. The lowest BCUT2D eigenvalue weighted by Crippen LogP contribution is -2.37. The van der Waals surface area contributed by atoms with Crippen LogP contribution in [-0.2, 0) is 0 Å². The zero-order chi connectivity index (χ0) is 11.5. The van der Waals surface area contributed by atoms with Gasteiger partial charge in [-0.2, -0.15) is 0 Å². The van der Waals surface area contributed by atoms with Crippen molar-refractivity contribution in [3.05, 3.63) is 34.3 Å². The second kappa shape index (κ2) is 5.10. The highest BCUT2D eigenvalue weighted by atomic mass is 79.9. The van der Waals surface area contributed by atoms with Crippen molar-refractivity contribution in [2.75, 3.05) is 13.6 Å². The summed E-state index contributed by atoms with van der Waals surface area (Å²) in [5.41, 5.74) is 7.12. The van der Waals surface area contributed by atoms with Gasteiger partial charge >= 0.3 is 0 Å². The van der Waals surface area contributed by atoms with Crippen molar-refractivity contribution in [2.24, 2.45) is 11.1 Å². The molecule has 0 amide bonds. The van der Waals surface area contributed by atoms with E-state index in [0.29, 0.717) is 6.54 Å². The fourth-order valence-electron chi connectivity index (χ4n) is 1.81. The van der Waals surface area contributed by atoms with Gasteiger partial charge in [-0.15, -0.1) is 0 Å². The molecule has 1 aromatic rings. The predicted octanol–water partition coefficient (Wildman–Crippen LogP) is 2.69. The van der Waals surface area contributed by atoms with E-state index in [0.717, 1.165) is 4.47 Å². The first kappa shape index (κ1) is 12.7. The molecule has 0 aromatic heterocycles. The summed E-state index contributed by atoms with van der Waals surface area (Å²) < 4.78 is 1.10. The van der Waals surface area contributed by atoms with E-state index in [2.05, 4.69) is 53.3 Å². The summed E-state index contributed by atoms with van der Waals surface area (Å²) in [5.74, 6) is 0. The Morgan fingerprint density at radius 3 is 2.60 bits per heavy atom. The molecule has 0 saturated heterocycles. The van der Waals surface area contributed by atoms with Gasteiger partial charge in [0.25, 0.3) is 0 Å². The quantitative estimate of drug-likeness (QED) is 0.883. The summed E-state index contributed by atoms with van der Waals surface area (Å²) in [6.07, 6.45) is 0. The third kappa shape index (κ3) is 3.03. The number of nitrogens with one attached hydrogen (secondary N) is 1. The van der Waals surface area contributed by atoms with Gasteiger partial charge in [0.2, 0.25) is 0 Å².